The van der Waals surface area contributed by atoms with Crippen LogP contribution in [0.3, 0.4) is 0 Å². The summed E-state index contributed by atoms with van der Waals surface area (Å²) < 4.78 is 0. The first-order chi connectivity index (χ1) is 8.53. The third-order valence-electron chi connectivity index (χ3n) is 3.72. The maximum absolute atomic E-state index is 12.0. The van der Waals surface area contributed by atoms with Gasteiger partial charge >= 0.3 is 0 Å². The first kappa shape index (κ1) is 13.1. The van der Waals surface area contributed by atoms with Gasteiger partial charge in [0.25, 0.3) is 0 Å². The SMILES string of the molecule is CC1(C)CC1C(=O)N[C@@H](CO)Cc1ccccc1. The average Bonchev–Trinajstić information content (AvgIpc) is 2.99. The number of amides is 1. The van der Waals surface area contributed by atoms with Gasteiger partial charge < -0.3 is 10.4 Å². The average molecular weight is 247 g/mol. The molecule has 1 aliphatic carbocycles. The summed E-state index contributed by atoms with van der Waals surface area (Å²) in [4.78, 5) is 12.0. The van der Waals surface area contributed by atoms with E-state index in [1.54, 1.807) is 0 Å². The zero-order valence-corrected chi connectivity index (χ0v) is 11.0. The lowest BCUT2D eigenvalue weighted by Crippen LogP contribution is -2.40. The Labute approximate surface area is 108 Å². The number of hydrogen-bond acceptors (Lipinski definition) is 2. The van der Waals surface area contributed by atoms with Crippen molar-refractivity contribution in [2.75, 3.05) is 6.61 Å². The quantitative estimate of drug-likeness (QED) is 0.833. The number of aliphatic hydroxyl groups excluding tert-OH is 1. The summed E-state index contributed by atoms with van der Waals surface area (Å²) in [5, 5.41) is 12.3. The molecule has 1 aromatic carbocycles. The van der Waals surface area contributed by atoms with Crippen LogP contribution < -0.4 is 5.32 Å². The highest BCUT2D eigenvalue weighted by Crippen LogP contribution is 2.51. The number of carbonyl (C=O) groups is 1. The molecule has 2 atom stereocenters. The molecule has 0 radical (unpaired) electrons. The fourth-order valence-electron chi connectivity index (χ4n) is 2.28. The summed E-state index contributed by atoms with van der Waals surface area (Å²) in [6, 6.07) is 9.73. The molecule has 0 aromatic heterocycles. The highest BCUT2D eigenvalue weighted by Gasteiger charge is 2.50. The number of aliphatic hydroxyl groups is 1. The van der Waals surface area contributed by atoms with Gasteiger partial charge in [0.2, 0.25) is 5.91 Å². The van der Waals surface area contributed by atoms with Crippen LogP contribution in [0.4, 0.5) is 0 Å². The van der Waals surface area contributed by atoms with Crippen molar-refractivity contribution in [2.45, 2.75) is 32.7 Å². The second-order valence-electron chi connectivity index (χ2n) is 5.82. The van der Waals surface area contributed by atoms with Gasteiger partial charge in [-0.15, -0.1) is 0 Å². The summed E-state index contributed by atoms with van der Waals surface area (Å²) in [5.74, 6) is 0.192. The summed E-state index contributed by atoms with van der Waals surface area (Å²) >= 11 is 0. The Hall–Kier alpha value is -1.35. The van der Waals surface area contributed by atoms with Crippen molar-refractivity contribution in [3.05, 3.63) is 35.9 Å². The molecule has 0 heterocycles. The van der Waals surface area contributed by atoms with E-state index in [9.17, 15) is 9.90 Å². The Morgan fingerprint density at radius 1 is 1.44 bits per heavy atom. The molecule has 1 saturated carbocycles. The minimum Gasteiger partial charge on any atom is -0.394 e. The molecule has 2 rings (SSSR count). The topological polar surface area (TPSA) is 49.3 Å². The molecule has 1 unspecified atom stereocenters. The predicted octanol–water partition coefficient (Wildman–Crippen LogP) is 1.75. The first-order valence-electron chi connectivity index (χ1n) is 6.48. The van der Waals surface area contributed by atoms with Gasteiger partial charge in [0.15, 0.2) is 0 Å². The van der Waals surface area contributed by atoms with E-state index in [4.69, 9.17) is 0 Å². The molecule has 18 heavy (non-hydrogen) atoms. The van der Waals surface area contributed by atoms with Crippen LogP contribution in [0.25, 0.3) is 0 Å². The van der Waals surface area contributed by atoms with Gasteiger partial charge in [-0.3, -0.25) is 4.79 Å². The van der Waals surface area contributed by atoms with Crippen molar-refractivity contribution < 1.29 is 9.90 Å². The molecule has 1 aromatic rings. The van der Waals surface area contributed by atoms with Crippen molar-refractivity contribution >= 4 is 5.91 Å². The van der Waals surface area contributed by atoms with Gasteiger partial charge in [0.05, 0.1) is 12.6 Å². The Balaban J connectivity index is 1.88. The lowest BCUT2D eigenvalue weighted by Gasteiger charge is -2.17. The Kier molecular flexibility index (Phi) is 3.71. The molecule has 1 fully saturated rings. The normalized spacial score (nSPS) is 22.3. The van der Waals surface area contributed by atoms with Crippen LogP contribution in [0.5, 0.6) is 0 Å². The van der Waals surface area contributed by atoms with Crippen molar-refractivity contribution in [1.29, 1.82) is 0 Å². The van der Waals surface area contributed by atoms with Gasteiger partial charge in [-0.25, -0.2) is 0 Å². The summed E-state index contributed by atoms with van der Waals surface area (Å²) in [5.41, 5.74) is 1.27. The molecule has 0 spiro atoms. The number of benzene rings is 1. The van der Waals surface area contributed by atoms with Crippen LogP contribution in [0.1, 0.15) is 25.8 Å². The summed E-state index contributed by atoms with van der Waals surface area (Å²) in [6.45, 7) is 4.18. The summed E-state index contributed by atoms with van der Waals surface area (Å²) in [7, 11) is 0. The van der Waals surface area contributed by atoms with Gasteiger partial charge in [-0.05, 0) is 23.8 Å². The molecule has 0 aliphatic heterocycles. The standard InChI is InChI=1S/C15H21NO2/c1-15(2)9-13(15)14(18)16-12(10-17)8-11-6-4-3-5-7-11/h3-7,12-13,17H,8-10H2,1-2H3,(H,16,18)/t12-,13?/m1/s1. The molecule has 3 heteroatoms. The summed E-state index contributed by atoms with van der Waals surface area (Å²) in [6.07, 6.45) is 1.62. The van der Waals surface area contributed by atoms with E-state index >= 15 is 0 Å². The van der Waals surface area contributed by atoms with Crippen LogP contribution in [0, 0.1) is 11.3 Å². The monoisotopic (exact) mass is 247 g/mol. The van der Waals surface area contributed by atoms with Gasteiger partial charge in [-0.1, -0.05) is 44.2 Å². The van der Waals surface area contributed by atoms with Crippen molar-refractivity contribution in [1.82, 2.24) is 5.32 Å². The fraction of sp³-hybridized carbons (Fsp3) is 0.533. The molecule has 1 amide bonds. The molecule has 1 aliphatic rings. The van der Waals surface area contributed by atoms with Crippen molar-refractivity contribution in [2.24, 2.45) is 11.3 Å². The zero-order chi connectivity index (χ0) is 13.2. The van der Waals surface area contributed by atoms with Gasteiger partial charge in [-0.2, -0.15) is 0 Å². The molecule has 0 bridgehead atoms. The van der Waals surface area contributed by atoms with Crippen LogP contribution in [-0.4, -0.2) is 23.7 Å². The minimum absolute atomic E-state index is 0.0201. The Morgan fingerprint density at radius 2 is 2.06 bits per heavy atom. The highest BCUT2D eigenvalue weighted by atomic mass is 16.3. The molecule has 2 N–H and O–H groups in total. The second-order valence-corrected chi connectivity index (χ2v) is 5.82. The maximum atomic E-state index is 12.0. The smallest absolute Gasteiger partial charge is 0.223 e. The van der Waals surface area contributed by atoms with E-state index in [0.717, 1.165) is 12.0 Å². The molecule has 3 nitrogen and oxygen atoms in total. The van der Waals surface area contributed by atoms with Gasteiger partial charge in [0.1, 0.15) is 0 Å². The van der Waals surface area contributed by atoms with E-state index in [-0.39, 0.29) is 29.9 Å². The van der Waals surface area contributed by atoms with E-state index in [2.05, 4.69) is 19.2 Å². The predicted molar refractivity (Wildman–Crippen MR) is 71.1 cm³/mol. The molecule has 98 valence electrons. The largest absolute Gasteiger partial charge is 0.394 e. The van der Waals surface area contributed by atoms with Crippen LogP contribution in [0.15, 0.2) is 30.3 Å². The molecular weight excluding hydrogens is 226 g/mol. The fourth-order valence-corrected chi connectivity index (χ4v) is 2.28. The van der Waals surface area contributed by atoms with Gasteiger partial charge in [0, 0.05) is 5.92 Å². The van der Waals surface area contributed by atoms with E-state index < -0.39 is 0 Å². The number of hydrogen-bond donors (Lipinski definition) is 2. The molecule has 0 saturated heterocycles. The van der Waals surface area contributed by atoms with Crippen molar-refractivity contribution in [3.63, 3.8) is 0 Å². The highest BCUT2D eigenvalue weighted by molar-refractivity contribution is 5.82. The van der Waals surface area contributed by atoms with Crippen LogP contribution in [0.2, 0.25) is 0 Å². The third kappa shape index (κ3) is 3.10. The second kappa shape index (κ2) is 5.11. The Morgan fingerprint density at radius 3 is 2.56 bits per heavy atom. The lowest BCUT2D eigenvalue weighted by molar-refractivity contribution is -0.124. The van der Waals surface area contributed by atoms with Crippen LogP contribution >= 0.6 is 0 Å². The lowest BCUT2D eigenvalue weighted by atomic mass is 10.1. The third-order valence-corrected chi connectivity index (χ3v) is 3.72. The van der Waals surface area contributed by atoms with Crippen LogP contribution in [-0.2, 0) is 11.2 Å². The van der Waals surface area contributed by atoms with E-state index in [1.807, 2.05) is 30.3 Å². The van der Waals surface area contributed by atoms with Crippen molar-refractivity contribution in [3.8, 4) is 0 Å². The number of rotatable bonds is 5. The Bertz CT molecular complexity index is 414. The first-order valence-corrected chi connectivity index (χ1v) is 6.48. The van der Waals surface area contributed by atoms with E-state index in [1.165, 1.54) is 0 Å². The number of carbonyl (C=O) groups excluding carboxylic acids is 1. The maximum Gasteiger partial charge on any atom is 0.223 e. The van der Waals surface area contributed by atoms with E-state index in [0.29, 0.717) is 6.42 Å². The number of nitrogens with one attached hydrogen (secondary N) is 1. The minimum atomic E-state index is -0.184. The molecular formula is C15H21NO2. The zero-order valence-electron chi connectivity index (χ0n) is 11.0.